The zero-order chi connectivity index (χ0) is 12.3. The highest BCUT2D eigenvalue weighted by molar-refractivity contribution is 9.10. The molecule has 1 aromatic rings. The Bertz CT molecular complexity index is 510. The molecule has 0 heterocycles. The smallest absolute Gasteiger partial charge is 0.283 e. The number of hydrogen-bond donors (Lipinski definition) is 0. The molecule has 0 atom stereocenters. The third-order valence-corrected chi connectivity index (χ3v) is 3.93. The van der Waals surface area contributed by atoms with Gasteiger partial charge in [-0.1, -0.05) is 22.0 Å². The molecule has 0 aliphatic carbocycles. The molecule has 4 nitrogen and oxygen atoms in total. The largest absolute Gasteiger partial charge is 0.368 e. The van der Waals surface area contributed by atoms with E-state index in [1.54, 1.807) is 37.2 Å². The fourth-order valence-electron chi connectivity index (χ4n) is 0.951. The summed E-state index contributed by atoms with van der Waals surface area (Å²) in [5.74, 6) is 0. The highest BCUT2D eigenvalue weighted by Crippen LogP contribution is 2.21. The summed E-state index contributed by atoms with van der Waals surface area (Å²) in [6.45, 7) is 1.89. The Morgan fingerprint density at radius 2 is 2.00 bits per heavy atom. The Labute approximate surface area is 104 Å². The number of rotatable bonds is 3. The first-order valence-corrected chi connectivity index (χ1v) is 6.79. The van der Waals surface area contributed by atoms with Gasteiger partial charge < -0.3 is 4.90 Å². The van der Waals surface area contributed by atoms with Gasteiger partial charge in [-0.2, -0.15) is 8.42 Å². The molecule has 0 bridgehead atoms. The summed E-state index contributed by atoms with van der Waals surface area (Å²) in [6, 6.07) is 4.84. The molecule has 0 saturated heterocycles. The SMILES string of the molecule is Cc1ccc(S(=O)(=O)/N=C/N(C)C)cc1Br. The van der Waals surface area contributed by atoms with Crippen LogP contribution in [0.25, 0.3) is 0 Å². The highest BCUT2D eigenvalue weighted by atomic mass is 79.9. The van der Waals surface area contributed by atoms with Gasteiger partial charge in [0.25, 0.3) is 10.0 Å². The van der Waals surface area contributed by atoms with Crippen LogP contribution in [0.4, 0.5) is 0 Å². The van der Waals surface area contributed by atoms with Crippen molar-refractivity contribution in [2.45, 2.75) is 11.8 Å². The van der Waals surface area contributed by atoms with Crippen molar-refractivity contribution in [3.8, 4) is 0 Å². The number of halogens is 1. The Hall–Kier alpha value is -0.880. The second-order valence-corrected chi connectivity index (χ2v) is 6.06. The van der Waals surface area contributed by atoms with Gasteiger partial charge >= 0.3 is 0 Å². The lowest BCUT2D eigenvalue weighted by atomic mass is 10.2. The maximum atomic E-state index is 11.8. The monoisotopic (exact) mass is 304 g/mol. The molecular formula is C10H13BrN2O2S. The molecule has 0 unspecified atom stereocenters. The summed E-state index contributed by atoms with van der Waals surface area (Å²) in [5, 5.41) is 0. The van der Waals surface area contributed by atoms with Gasteiger partial charge in [0.2, 0.25) is 0 Å². The fourth-order valence-corrected chi connectivity index (χ4v) is 2.42. The maximum Gasteiger partial charge on any atom is 0.283 e. The summed E-state index contributed by atoms with van der Waals surface area (Å²) in [4.78, 5) is 1.75. The van der Waals surface area contributed by atoms with E-state index in [0.29, 0.717) is 0 Å². The van der Waals surface area contributed by atoms with Crippen molar-refractivity contribution in [1.82, 2.24) is 4.90 Å². The third-order valence-electron chi connectivity index (χ3n) is 1.86. The van der Waals surface area contributed by atoms with Gasteiger partial charge in [-0.15, -0.1) is 4.40 Å². The number of hydrogen-bond acceptors (Lipinski definition) is 2. The Kier molecular flexibility index (Phi) is 4.09. The van der Waals surface area contributed by atoms with Crippen LogP contribution in [0.15, 0.2) is 32.0 Å². The molecule has 0 aliphatic rings. The Morgan fingerprint density at radius 1 is 1.38 bits per heavy atom. The number of nitrogens with zero attached hydrogens (tertiary/aromatic N) is 2. The van der Waals surface area contributed by atoms with Gasteiger partial charge in [0.05, 0.1) is 4.90 Å². The van der Waals surface area contributed by atoms with Crippen LogP contribution >= 0.6 is 15.9 Å². The molecule has 0 saturated carbocycles. The molecule has 0 aromatic heterocycles. The average molecular weight is 305 g/mol. The summed E-state index contributed by atoms with van der Waals surface area (Å²) in [6.07, 6.45) is 1.27. The second-order valence-electron chi connectivity index (χ2n) is 3.57. The molecule has 0 N–H and O–H groups in total. The van der Waals surface area contributed by atoms with Crippen molar-refractivity contribution in [3.05, 3.63) is 28.2 Å². The van der Waals surface area contributed by atoms with Crippen molar-refractivity contribution in [2.24, 2.45) is 4.40 Å². The van der Waals surface area contributed by atoms with Crippen LogP contribution in [0.5, 0.6) is 0 Å². The number of benzene rings is 1. The number of aryl methyl sites for hydroxylation is 1. The molecule has 0 fully saturated rings. The van der Waals surface area contributed by atoms with Crippen molar-refractivity contribution < 1.29 is 8.42 Å². The first-order chi connectivity index (χ1) is 7.33. The van der Waals surface area contributed by atoms with E-state index in [0.717, 1.165) is 10.0 Å². The van der Waals surface area contributed by atoms with Gasteiger partial charge in [0.15, 0.2) is 0 Å². The van der Waals surface area contributed by atoms with Gasteiger partial charge in [-0.25, -0.2) is 0 Å². The van der Waals surface area contributed by atoms with Crippen LogP contribution in [0.3, 0.4) is 0 Å². The zero-order valence-electron chi connectivity index (χ0n) is 9.31. The second kappa shape index (κ2) is 4.97. The predicted molar refractivity (Wildman–Crippen MR) is 68.2 cm³/mol. The van der Waals surface area contributed by atoms with Gasteiger partial charge in [-0.05, 0) is 24.6 Å². The first-order valence-electron chi connectivity index (χ1n) is 4.56. The van der Waals surface area contributed by atoms with Gasteiger partial charge in [0, 0.05) is 18.6 Å². The molecule has 1 rings (SSSR count). The van der Waals surface area contributed by atoms with Crippen LogP contribution in [0.2, 0.25) is 0 Å². The normalized spacial score (nSPS) is 12.0. The van der Waals surface area contributed by atoms with Crippen molar-refractivity contribution in [3.63, 3.8) is 0 Å². The minimum absolute atomic E-state index is 0.183. The van der Waals surface area contributed by atoms with Crippen LogP contribution in [0.1, 0.15) is 5.56 Å². The summed E-state index contributed by atoms with van der Waals surface area (Å²) < 4.78 is 27.8. The van der Waals surface area contributed by atoms with Crippen LogP contribution in [-0.2, 0) is 10.0 Å². The molecule has 16 heavy (non-hydrogen) atoms. The van der Waals surface area contributed by atoms with E-state index >= 15 is 0 Å². The molecule has 88 valence electrons. The molecular weight excluding hydrogens is 292 g/mol. The van der Waals surface area contributed by atoms with Crippen LogP contribution < -0.4 is 0 Å². The summed E-state index contributed by atoms with van der Waals surface area (Å²) in [5.41, 5.74) is 0.982. The maximum absolute atomic E-state index is 11.8. The fraction of sp³-hybridized carbons (Fsp3) is 0.300. The molecule has 0 amide bonds. The van der Waals surface area contributed by atoms with E-state index in [4.69, 9.17) is 0 Å². The first kappa shape index (κ1) is 13.2. The van der Waals surface area contributed by atoms with E-state index in [9.17, 15) is 8.42 Å². The Morgan fingerprint density at radius 3 is 2.50 bits per heavy atom. The lowest BCUT2D eigenvalue weighted by Gasteiger charge is -2.04. The lowest BCUT2D eigenvalue weighted by Crippen LogP contribution is -2.10. The minimum atomic E-state index is -3.60. The lowest BCUT2D eigenvalue weighted by molar-refractivity contribution is 0.594. The molecule has 0 radical (unpaired) electrons. The molecule has 0 aliphatic heterocycles. The molecule has 0 spiro atoms. The zero-order valence-corrected chi connectivity index (χ0v) is 11.7. The highest BCUT2D eigenvalue weighted by Gasteiger charge is 2.12. The Balaban J connectivity index is 3.13. The summed E-state index contributed by atoms with van der Waals surface area (Å²) in [7, 11) is -0.172. The van der Waals surface area contributed by atoms with Crippen molar-refractivity contribution in [1.29, 1.82) is 0 Å². The molecule has 6 heteroatoms. The van der Waals surface area contributed by atoms with E-state index in [-0.39, 0.29) is 4.90 Å². The van der Waals surface area contributed by atoms with E-state index < -0.39 is 10.0 Å². The standard InChI is InChI=1S/C10H13BrN2O2S/c1-8-4-5-9(6-10(8)11)16(14,15)12-7-13(2)3/h4-7H,1-3H3/b12-7+. The quantitative estimate of drug-likeness (QED) is 0.634. The number of sulfonamides is 1. The van der Waals surface area contributed by atoms with Crippen molar-refractivity contribution in [2.75, 3.05) is 14.1 Å². The van der Waals surface area contributed by atoms with E-state index in [1.165, 1.54) is 6.34 Å². The van der Waals surface area contributed by atoms with Crippen LogP contribution in [-0.4, -0.2) is 33.8 Å². The van der Waals surface area contributed by atoms with Gasteiger partial charge in [-0.3, -0.25) is 0 Å². The summed E-state index contributed by atoms with van der Waals surface area (Å²) >= 11 is 3.29. The van der Waals surface area contributed by atoms with E-state index in [2.05, 4.69) is 20.3 Å². The third kappa shape index (κ3) is 3.31. The topological polar surface area (TPSA) is 49.7 Å². The van der Waals surface area contributed by atoms with Gasteiger partial charge in [0.1, 0.15) is 6.34 Å². The predicted octanol–water partition coefficient (Wildman–Crippen LogP) is 2.04. The molecule has 1 aromatic carbocycles. The van der Waals surface area contributed by atoms with Crippen LogP contribution in [0, 0.1) is 6.92 Å². The van der Waals surface area contributed by atoms with Crippen molar-refractivity contribution >= 4 is 32.3 Å². The average Bonchev–Trinajstić information content (AvgIpc) is 2.19. The minimum Gasteiger partial charge on any atom is -0.368 e. The van der Waals surface area contributed by atoms with E-state index in [1.807, 2.05) is 6.92 Å².